The van der Waals surface area contributed by atoms with E-state index >= 15 is 0 Å². The molecule has 9 heteroatoms. The normalized spacial score (nSPS) is 14.4. The minimum Gasteiger partial charge on any atom is -0.462 e. The molecule has 1 heterocycles. The molecular formula is C20H23N3O5S. The zero-order valence-corrected chi connectivity index (χ0v) is 16.9. The molecule has 2 N–H and O–H groups in total. The van der Waals surface area contributed by atoms with Crippen molar-refractivity contribution >= 4 is 27.6 Å². The fourth-order valence-electron chi connectivity index (χ4n) is 2.95. The van der Waals surface area contributed by atoms with Gasteiger partial charge in [-0.3, -0.25) is 4.79 Å². The van der Waals surface area contributed by atoms with Gasteiger partial charge in [0.25, 0.3) is 0 Å². The fraction of sp³-hybridized carbons (Fsp3) is 0.300. The third-order valence-electron chi connectivity index (χ3n) is 4.46. The number of rotatable bonds is 7. The van der Waals surface area contributed by atoms with Crippen LogP contribution in [0.5, 0.6) is 0 Å². The molecule has 0 spiro atoms. The molecule has 0 radical (unpaired) electrons. The van der Waals surface area contributed by atoms with E-state index in [0.29, 0.717) is 13.1 Å². The highest BCUT2D eigenvalue weighted by atomic mass is 32.2. The number of esters is 1. The van der Waals surface area contributed by atoms with Crippen molar-refractivity contribution in [1.82, 2.24) is 10.0 Å². The number of piperazine rings is 1. The summed E-state index contributed by atoms with van der Waals surface area (Å²) in [4.78, 5) is 25.3. The number of sulfonamides is 1. The van der Waals surface area contributed by atoms with E-state index < -0.39 is 16.0 Å². The fourth-order valence-corrected chi connectivity index (χ4v) is 4.01. The van der Waals surface area contributed by atoms with Gasteiger partial charge in [-0.15, -0.1) is 0 Å². The van der Waals surface area contributed by atoms with E-state index in [0.717, 1.165) is 17.8 Å². The Balaban J connectivity index is 1.65. The molecule has 0 saturated carbocycles. The topological polar surface area (TPSA) is 105 Å². The molecule has 3 rings (SSSR count). The largest absolute Gasteiger partial charge is 0.462 e. The molecule has 8 nitrogen and oxygen atoms in total. The van der Waals surface area contributed by atoms with Crippen LogP contribution in [0.4, 0.5) is 5.69 Å². The number of benzene rings is 2. The van der Waals surface area contributed by atoms with Gasteiger partial charge >= 0.3 is 5.97 Å². The predicted octanol–water partition coefficient (Wildman–Crippen LogP) is 1.28. The highest BCUT2D eigenvalue weighted by molar-refractivity contribution is 7.89. The molecule has 1 aliphatic heterocycles. The number of carbonyl (C=O) groups excluding carboxylic acids is 2. The van der Waals surface area contributed by atoms with Crippen molar-refractivity contribution in [3.63, 3.8) is 0 Å². The van der Waals surface area contributed by atoms with Gasteiger partial charge in [-0.25, -0.2) is 17.9 Å². The molecule has 29 heavy (non-hydrogen) atoms. The van der Waals surface area contributed by atoms with E-state index in [-0.39, 0.29) is 29.5 Å². The number of carbonyl (C=O) groups is 2. The average Bonchev–Trinajstić information content (AvgIpc) is 2.73. The molecule has 154 valence electrons. The summed E-state index contributed by atoms with van der Waals surface area (Å²) in [5.74, 6) is -0.579. The first-order valence-corrected chi connectivity index (χ1v) is 10.7. The smallest absolute Gasteiger partial charge is 0.338 e. The Morgan fingerprint density at radius 3 is 2.66 bits per heavy atom. The Bertz CT molecular complexity index is 989. The molecule has 2 aromatic carbocycles. The predicted molar refractivity (Wildman–Crippen MR) is 108 cm³/mol. The van der Waals surface area contributed by atoms with Crippen LogP contribution >= 0.6 is 0 Å². The summed E-state index contributed by atoms with van der Waals surface area (Å²) in [5, 5.41) is 2.78. The maximum Gasteiger partial charge on any atom is 0.338 e. The molecule has 0 aromatic heterocycles. The molecule has 0 bridgehead atoms. The summed E-state index contributed by atoms with van der Waals surface area (Å²) in [6.07, 6.45) is 0. The molecular weight excluding hydrogens is 394 g/mol. The molecule has 1 fully saturated rings. The van der Waals surface area contributed by atoms with Gasteiger partial charge in [0.05, 0.1) is 23.6 Å². The summed E-state index contributed by atoms with van der Waals surface area (Å²) in [6.45, 7) is 3.65. The lowest BCUT2D eigenvalue weighted by Crippen LogP contribution is -2.47. The Labute approximate surface area is 169 Å². The van der Waals surface area contributed by atoms with Gasteiger partial charge in [-0.1, -0.05) is 18.2 Å². The van der Waals surface area contributed by atoms with Gasteiger partial charge < -0.3 is 15.0 Å². The Kier molecular flexibility index (Phi) is 6.50. The molecule has 0 atom stereocenters. The second-order valence-corrected chi connectivity index (χ2v) is 8.28. The maximum atomic E-state index is 12.6. The van der Waals surface area contributed by atoms with Crippen LogP contribution in [0.2, 0.25) is 0 Å². The number of ether oxygens (including phenoxy) is 1. The van der Waals surface area contributed by atoms with Crippen molar-refractivity contribution < 1.29 is 22.7 Å². The van der Waals surface area contributed by atoms with Crippen molar-refractivity contribution in [2.45, 2.75) is 18.4 Å². The van der Waals surface area contributed by atoms with Crippen LogP contribution in [0.3, 0.4) is 0 Å². The third-order valence-corrected chi connectivity index (χ3v) is 5.86. The van der Waals surface area contributed by atoms with Crippen LogP contribution in [0.25, 0.3) is 0 Å². The summed E-state index contributed by atoms with van der Waals surface area (Å²) >= 11 is 0. The van der Waals surface area contributed by atoms with E-state index in [1.54, 1.807) is 6.92 Å². The molecule has 1 saturated heterocycles. The van der Waals surface area contributed by atoms with E-state index in [9.17, 15) is 18.0 Å². The molecule has 0 aliphatic carbocycles. The van der Waals surface area contributed by atoms with E-state index in [1.165, 1.54) is 24.3 Å². The SMILES string of the molecule is CCOC(=O)c1cccc(S(=O)(=O)NCc2ccc(N3CCNC(=O)C3)cc2)c1. The van der Waals surface area contributed by atoms with Crippen molar-refractivity contribution in [1.29, 1.82) is 0 Å². The standard InChI is InChI=1S/C20H23N3O5S/c1-2-28-20(25)16-4-3-5-18(12-16)29(26,27)22-13-15-6-8-17(9-7-15)23-11-10-21-19(24)14-23/h3-9,12,22H,2,10-11,13-14H2,1H3,(H,21,24). The summed E-state index contributed by atoms with van der Waals surface area (Å²) in [7, 11) is -3.79. The zero-order valence-electron chi connectivity index (χ0n) is 16.1. The van der Waals surface area contributed by atoms with Crippen LogP contribution in [0.1, 0.15) is 22.8 Å². The van der Waals surface area contributed by atoms with Gasteiger partial charge in [-0.2, -0.15) is 0 Å². The highest BCUT2D eigenvalue weighted by Gasteiger charge is 2.18. The first kappa shape index (κ1) is 20.8. The molecule has 2 aromatic rings. The van der Waals surface area contributed by atoms with Gasteiger partial charge in [0.1, 0.15) is 0 Å². The average molecular weight is 417 g/mol. The van der Waals surface area contributed by atoms with Gasteiger partial charge in [0.2, 0.25) is 15.9 Å². The van der Waals surface area contributed by atoms with E-state index in [1.807, 2.05) is 29.2 Å². The minimum atomic E-state index is -3.79. The number of hydrogen-bond acceptors (Lipinski definition) is 6. The highest BCUT2D eigenvalue weighted by Crippen LogP contribution is 2.17. The summed E-state index contributed by atoms with van der Waals surface area (Å²) < 4.78 is 32.6. The zero-order chi connectivity index (χ0) is 20.9. The van der Waals surface area contributed by atoms with E-state index in [4.69, 9.17) is 4.74 Å². The lowest BCUT2D eigenvalue weighted by molar-refractivity contribution is -0.120. The number of anilines is 1. The van der Waals surface area contributed by atoms with Crippen molar-refractivity contribution in [2.75, 3.05) is 31.1 Å². The van der Waals surface area contributed by atoms with Gasteiger partial charge in [0.15, 0.2) is 0 Å². The number of nitrogens with zero attached hydrogens (tertiary/aromatic N) is 1. The van der Waals surface area contributed by atoms with Crippen molar-refractivity contribution in [3.05, 3.63) is 59.7 Å². The quantitative estimate of drug-likeness (QED) is 0.658. The second-order valence-electron chi connectivity index (χ2n) is 6.51. The monoisotopic (exact) mass is 417 g/mol. The van der Waals surface area contributed by atoms with Crippen LogP contribution in [-0.2, 0) is 26.1 Å². The number of hydrogen-bond donors (Lipinski definition) is 2. The van der Waals surface area contributed by atoms with Crippen LogP contribution in [0.15, 0.2) is 53.4 Å². The van der Waals surface area contributed by atoms with Crippen molar-refractivity contribution in [2.24, 2.45) is 0 Å². The lowest BCUT2D eigenvalue weighted by atomic mass is 10.2. The van der Waals surface area contributed by atoms with Gasteiger partial charge in [-0.05, 0) is 42.8 Å². The van der Waals surface area contributed by atoms with Crippen LogP contribution < -0.4 is 14.9 Å². The van der Waals surface area contributed by atoms with Crippen LogP contribution in [-0.4, -0.2) is 46.5 Å². The lowest BCUT2D eigenvalue weighted by Gasteiger charge is -2.28. The number of nitrogens with one attached hydrogen (secondary N) is 2. The molecule has 0 unspecified atom stereocenters. The third kappa shape index (κ3) is 5.33. The second kappa shape index (κ2) is 9.06. The first-order chi connectivity index (χ1) is 13.9. The Hall–Kier alpha value is -2.91. The Morgan fingerprint density at radius 1 is 1.21 bits per heavy atom. The Morgan fingerprint density at radius 2 is 1.97 bits per heavy atom. The molecule has 1 amide bonds. The summed E-state index contributed by atoms with van der Waals surface area (Å²) in [6, 6.07) is 13.1. The maximum absolute atomic E-state index is 12.6. The van der Waals surface area contributed by atoms with Crippen molar-refractivity contribution in [3.8, 4) is 0 Å². The summed E-state index contributed by atoms with van der Waals surface area (Å²) in [5.41, 5.74) is 1.87. The number of amides is 1. The molecule has 1 aliphatic rings. The first-order valence-electron chi connectivity index (χ1n) is 9.26. The van der Waals surface area contributed by atoms with Crippen LogP contribution in [0, 0.1) is 0 Å². The van der Waals surface area contributed by atoms with E-state index in [2.05, 4.69) is 10.0 Å². The minimum absolute atomic E-state index is 0.000924. The van der Waals surface area contributed by atoms with Gasteiger partial charge in [0, 0.05) is 25.3 Å².